The topological polar surface area (TPSA) is 80.5 Å². The van der Waals surface area contributed by atoms with Crippen LogP contribution in [0.5, 0.6) is 0 Å². The van der Waals surface area contributed by atoms with Gasteiger partial charge in [0.1, 0.15) is 6.10 Å². The Morgan fingerprint density at radius 2 is 2.00 bits per heavy atom. The predicted molar refractivity (Wildman–Crippen MR) is 99.7 cm³/mol. The second-order valence-electron chi connectivity index (χ2n) is 7.35. The van der Waals surface area contributed by atoms with Crippen LogP contribution in [0.4, 0.5) is 0 Å². The Morgan fingerprint density at radius 3 is 2.74 bits per heavy atom. The highest BCUT2D eigenvalue weighted by Gasteiger charge is 2.25. The minimum Gasteiger partial charge on any atom is -0.368 e. The number of nitrogens with zero attached hydrogens (tertiary/aromatic N) is 3. The van der Waals surface area contributed by atoms with Gasteiger partial charge < -0.3 is 14.6 Å². The zero-order chi connectivity index (χ0) is 18.5. The molecular formula is C20H26N4O3. The first-order chi connectivity index (χ1) is 13.3. The molecule has 4 rings (SSSR count). The van der Waals surface area contributed by atoms with E-state index in [0.717, 1.165) is 56.7 Å². The highest BCUT2D eigenvalue weighted by molar-refractivity contribution is 5.80. The Labute approximate surface area is 159 Å². The third-order valence-electron chi connectivity index (χ3n) is 5.35. The summed E-state index contributed by atoms with van der Waals surface area (Å²) in [5.74, 6) is 1.86. The number of hydrogen-bond donors (Lipinski definition) is 1. The summed E-state index contributed by atoms with van der Waals surface area (Å²) in [6.07, 6.45) is 3.73. The number of carbonyl (C=O) groups excluding carboxylic acids is 1. The Balaban J connectivity index is 1.20. The summed E-state index contributed by atoms with van der Waals surface area (Å²) < 4.78 is 10.8. The first-order valence-electron chi connectivity index (χ1n) is 9.77. The van der Waals surface area contributed by atoms with Gasteiger partial charge >= 0.3 is 0 Å². The van der Waals surface area contributed by atoms with Crippen LogP contribution in [-0.2, 0) is 16.1 Å². The molecule has 0 spiro atoms. The van der Waals surface area contributed by atoms with Crippen LogP contribution in [0.1, 0.15) is 31.5 Å². The third-order valence-corrected chi connectivity index (χ3v) is 5.35. The molecular weight excluding hydrogens is 344 g/mol. The van der Waals surface area contributed by atoms with Crippen molar-refractivity contribution in [2.24, 2.45) is 5.92 Å². The van der Waals surface area contributed by atoms with Crippen LogP contribution < -0.4 is 5.32 Å². The van der Waals surface area contributed by atoms with Crippen LogP contribution in [0.25, 0.3) is 11.5 Å². The molecule has 0 aliphatic carbocycles. The number of hydrogen-bond acceptors (Lipinski definition) is 6. The van der Waals surface area contributed by atoms with Crippen molar-refractivity contribution < 1.29 is 14.1 Å². The van der Waals surface area contributed by atoms with Crippen LogP contribution in [0.2, 0.25) is 0 Å². The molecule has 2 fully saturated rings. The van der Waals surface area contributed by atoms with Crippen LogP contribution in [0.3, 0.4) is 0 Å². The number of aromatic nitrogens is 2. The normalized spacial score (nSPS) is 21.4. The molecule has 27 heavy (non-hydrogen) atoms. The summed E-state index contributed by atoms with van der Waals surface area (Å²) in [5, 5.41) is 7.17. The average Bonchev–Trinajstić information content (AvgIpc) is 3.40. The van der Waals surface area contributed by atoms with Gasteiger partial charge in [0.2, 0.25) is 5.91 Å². The lowest BCUT2D eigenvalue weighted by molar-refractivity contribution is -0.130. The van der Waals surface area contributed by atoms with E-state index in [1.54, 1.807) is 0 Å². The van der Waals surface area contributed by atoms with Gasteiger partial charge in [-0.25, -0.2) is 0 Å². The summed E-state index contributed by atoms with van der Waals surface area (Å²) in [5.41, 5.74) is 0.942. The van der Waals surface area contributed by atoms with Crippen LogP contribution in [-0.4, -0.2) is 53.3 Å². The maximum absolute atomic E-state index is 12.0. The molecule has 1 atom stereocenters. The molecule has 0 radical (unpaired) electrons. The van der Waals surface area contributed by atoms with Crippen molar-refractivity contribution in [2.75, 3.05) is 26.2 Å². The standard InChI is InChI=1S/C20H26N4O3/c25-19(17-7-4-12-26-17)21-13-15-8-10-24(11-9-15)14-18-22-20(27-23-18)16-5-2-1-3-6-16/h1-3,5-6,15,17H,4,7-14H2,(H,21,25)/t17-/m1/s1. The Bertz CT molecular complexity index is 735. The first-order valence-corrected chi connectivity index (χ1v) is 9.77. The second-order valence-corrected chi connectivity index (χ2v) is 7.35. The Hall–Kier alpha value is -2.25. The zero-order valence-corrected chi connectivity index (χ0v) is 15.5. The number of piperidine rings is 1. The van der Waals surface area contributed by atoms with Crippen molar-refractivity contribution in [3.63, 3.8) is 0 Å². The quantitative estimate of drug-likeness (QED) is 0.840. The van der Waals surface area contributed by atoms with E-state index >= 15 is 0 Å². The van der Waals surface area contributed by atoms with E-state index in [-0.39, 0.29) is 12.0 Å². The first kappa shape index (κ1) is 18.1. The van der Waals surface area contributed by atoms with Crippen molar-refractivity contribution in [1.82, 2.24) is 20.4 Å². The lowest BCUT2D eigenvalue weighted by Gasteiger charge is -2.31. The fraction of sp³-hybridized carbons (Fsp3) is 0.550. The van der Waals surface area contributed by atoms with E-state index in [2.05, 4.69) is 20.4 Å². The predicted octanol–water partition coefficient (Wildman–Crippen LogP) is 2.24. The summed E-state index contributed by atoms with van der Waals surface area (Å²) >= 11 is 0. The number of carbonyl (C=O) groups is 1. The number of nitrogens with one attached hydrogen (secondary N) is 1. The van der Waals surface area contributed by atoms with Gasteiger partial charge in [-0.05, 0) is 56.8 Å². The van der Waals surface area contributed by atoms with Gasteiger partial charge in [0.05, 0.1) is 6.54 Å². The third kappa shape index (κ3) is 4.73. The van der Waals surface area contributed by atoms with E-state index in [1.165, 1.54) is 0 Å². The van der Waals surface area contributed by atoms with E-state index < -0.39 is 0 Å². The molecule has 1 aromatic carbocycles. The van der Waals surface area contributed by atoms with Crippen molar-refractivity contribution >= 4 is 5.91 Å². The number of benzene rings is 1. The van der Waals surface area contributed by atoms with Gasteiger partial charge in [-0.3, -0.25) is 9.69 Å². The number of rotatable bonds is 6. The van der Waals surface area contributed by atoms with Gasteiger partial charge in [0, 0.05) is 18.7 Å². The van der Waals surface area contributed by atoms with Gasteiger partial charge in [-0.1, -0.05) is 23.4 Å². The van der Waals surface area contributed by atoms with Crippen molar-refractivity contribution in [3.05, 3.63) is 36.2 Å². The molecule has 2 aromatic rings. The number of ether oxygens (including phenoxy) is 1. The SMILES string of the molecule is O=C(NCC1CCN(Cc2noc(-c3ccccc3)n2)CC1)[C@H]1CCCO1. The van der Waals surface area contributed by atoms with Gasteiger partial charge in [0.15, 0.2) is 5.82 Å². The maximum Gasteiger partial charge on any atom is 0.257 e. The van der Waals surface area contributed by atoms with Gasteiger partial charge in [-0.2, -0.15) is 4.98 Å². The molecule has 144 valence electrons. The van der Waals surface area contributed by atoms with Gasteiger partial charge in [-0.15, -0.1) is 0 Å². The van der Waals surface area contributed by atoms with E-state index in [0.29, 0.717) is 25.0 Å². The molecule has 0 saturated carbocycles. The molecule has 1 aromatic heterocycles. The Kier molecular flexibility index (Phi) is 5.79. The largest absolute Gasteiger partial charge is 0.368 e. The van der Waals surface area contributed by atoms with Gasteiger partial charge in [0.25, 0.3) is 5.89 Å². The van der Waals surface area contributed by atoms with Crippen LogP contribution in [0, 0.1) is 5.92 Å². The van der Waals surface area contributed by atoms with Crippen LogP contribution >= 0.6 is 0 Å². The maximum atomic E-state index is 12.0. The summed E-state index contributed by atoms with van der Waals surface area (Å²) in [4.78, 5) is 18.9. The summed E-state index contributed by atoms with van der Waals surface area (Å²) in [6, 6.07) is 9.82. The highest BCUT2D eigenvalue weighted by Crippen LogP contribution is 2.20. The molecule has 7 nitrogen and oxygen atoms in total. The monoisotopic (exact) mass is 370 g/mol. The molecule has 1 N–H and O–H groups in total. The minimum atomic E-state index is -0.234. The summed E-state index contributed by atoms with van der Waals surface area (Å²) in [7, 11) is 0. The summed E-state index contributed by atoms with van der Waals surface area (Å²) in [6.45, 7) is 4.11. The van der Waals surface area contributed by atoms with Crippen molar-refractivity contribution in [3.8, 4) is 11.5 Å². The minimum absolute atomic E-state index is 0.0511. The molecule has 0 bridgehead atoms. The van der Waals surface area contributed by atoms with Crippen molar-refractivity contribution in [1.29, 1.82) is 0 Å². The number of likely N-dealkylation sites (tertiary alicyclic amines) is 1. The van der Waals surface area contributed by atoms with Crippen molar-refractivity contribution in [2.45, 2.75) is 38.3 Å². The molecule has 1 amide bonds. The molecule has 2 aliphatic heterocycles. The van der Waals surface area contributed by atoms with Crippen LogP contribution in [0.15, 0.2) is 34.9 Å². The Morgan fingerprint density at radius 1 is 1.19 bits per heavy atom. The molecule has 7 heteroatoms. The molecule has 2 aliphatic rings. The number of amides is 1. The smallest absolute Gasteiger partial charge is 0.257 e. The van der Waals surface area contributed by atoms with E-state index in [9.17, 15) is 4.79 Å². The fourth-order valence-corrected chi connectivity index (χ4v) is 3.71. The zero-order valence-electron chi connectivity index (χ0n) is 15.5. The highest BCUT2D eigenvalue weighted by atomic mass is 16.5. The molecule has 3 heterocycles. The second kappa shape index (κ2) is 8.63. The molecule has 0 unspecified atom stereocenters. The average molecular weight is 370 g/mol. The fourth-order valence-electron chi connectivity index (χ4n) is 3.71. The van der Waals surface area contributed by atoms with E-state index in [4.69, 9.17) is 9.26 Å². The lowest BCUT2D eigenvalue weighted by Crippen LogP contribution is -2.41. The molecule has 2 saturated heterocycles. The lowest BCUT2D eigenvalue weighted by atomic mass is 9.96. The van der Waals surface area contributed by atoms with E-state index in [1.807, 2.05) is 30.3 Å².